The molecule has 0 bridgehead atoms. The Morgan fingerprint density at radius 2 is 0.944 bits per heavy atom. The normalized spacial score (nSPS) is 15.1. The predicted molar refractivity (Wildman–Crippen MR) is 84.9 cm³/mol. The molecule has 0 aliphatic rings. The molecule has 0 unspecified atom stereocenters. The fourth-order valence-corrected chi connectivity index (χ4v) is 2.48. The third-order valence-corrected chi connectivity index (χ3v) is 2.77. The van der Waals surface area contributed by atoms with Crippen LogP contribution in [-0.4, -0.2) is 0 Å². The van der Waals surface area contributed by atoms with Crippen molar-refractivity contribution < 1.29 is 0 Å². The van der Waals surface area contributed by atoms with E-state index in [0.717, 1.165) is 0 Å². The molecule has 0 aromatic rings. The van der Waals surface area contributed by atoms with Crippen molar-refractivity contribution in [3.8, 4) is 0 Å². The second kappa shape index (κ2) is 7.16. The van der Waals surface area contributed by atoms with E-state index in [4.69, 9.17) is 0 Å². The van der Waals surface area contributed by atoms with E-state index in [9.17, 15) is 0 Å². The summed E-state index contributed by atoms with van der Waals surface area (Å²) in [5.41, 5.74) is 3.89. The monoisotopic (exact) mass is 250 g/mol. The van der Waals surface area contributed by atoms with Crippen molar-refractivity contribution in [3.63, 3.8) is 0 Å². The number of unbranched alkanes of at least 4 members (excludes halogenated alkanes) is 1. The van der Waals surface area contributed by atoms with Crippen molar-refractivity contribution in [2.24, 2.45) is 10.8 Å². The van der Waals surface area contributed by atoms with E-state index >= 15 is 0 Å². The van der Waals surface area contributed by atoms with Crippen molar-refractivity contribution in [1.82, 2.24) is 0 Å². The minimum Gasteiger partial charge on any atom is -0.0853 e. The lowest BCUT2D eigenvalue weighted by Crippen LogP contribution is -2.05. The van der Waals surface area contributed by atoms with E-state index in [1.54, 1.807) is 0 Å². The van der Waals surface area contributed by atoms with Crippen molar-refractivity contribution in [3.05, 3.63) is 23.3 Å². The fourth-order valence-electron chi connectivity index (χ4n) is 2.48. The molecule has 0 aliphatic heterocycles. The summed E-state index contributed by atoms with van der Waals surface area (Å²) in [6, 6.07) is 0. The maximum Gasteiger partial charge on any atom is -0.0274 e. The second-order valence-electron chi connectivity index (χ2n) is 8.15. The molecule has 0 nitrogen and oxygen atoms in total. The van der Waals surface area contributed by atoms with Crippen LogP contribution < -0.4 is 0 Å². The zero-order chi connectivity index (χ0) is 14.4. The van der Waals surface area contributed by atoms with Crippen molar-refractivity contribution in [1.29, 1.82) is 0 Å². The predicted octanol–water partition coefficient (Wildman–Crippen LogP) is 6.53. The van der Waals surface area contributed by atoms with Crippen LogP contribution in [0.4, 0.5) is 0 Å². The zero-order valence-corrected chi connectivity index (χ0v) is 14.0. The Labute approximate surface area is 116 Å². The van der Waals surface area contributed by atoms with Crippen LogP contribution in [0.2, 0.25) is 0 Å². The Morgan fingerprint density at radius 3 is 1.17 bits per heavy atom. The van der Waals surface area contributed by atoms with E-state index < -0.39 is 0 Å². The van der Waals surface area contributed by atoms with Gasteiger partial charge in [-0.1, -0.05) is 64.8 Å². The van der Waals surface area contributed by atoms with Crippen molar-refractivity contribution >= 4 is 0 Å². The lowest BCUT2D eigenvalue weighted by Gasteiger charge is -2.18. The van der Waals surface area contributed by atoms with Gasteiger partial charge in [-0.15, -0.1) is 0 Å². The largest absolute Gasteiger partial charge is 0.0853 e. The first-order valence-corrected chi connectivity index (χ1v) is 7.31. The minimum absolute atomic E-state index is 0.415. The molecular formula is C18H34. The van der Waals surface area contributed by atoms with Gasteiger partial charge in [-0.3, -0.25) is 0 Å². The number of allylic oxidation sites excluding steroid dienone is 4. The molecule has 0 fully saturated rings. The van der Waals surface area contributed by atoms with Crippen LogP contribution in [0.5, 0.6) is 0 Å². The van der Waals surface area contributed by atoms with Crippen LogP contribution in [0.3, 0.4) is 0 Å². The van der Waals surface area contributed by atoms with Crippen molar-refractivity contribution in [2.75, 3.05) is 0 Å². The molecule has 0 spiro atoms. The van der Waals surface area contributed by atoms with E-state index in [0.29, 0.717) is 10.8 Å². The second-order valence-corrected chi connectivity index (χ2v) is 8.15. The summed E-state index contributed by atoms with van der Waals surface area (Å²) in [4.78, 5) is 0. The average molecular weight is 250 g/mol. The molecule has 0 saturated heterocycles. The molecular weight excluding hydrogens is 216 g/mol. The first-order valence-electron chi connectivity index (χ1n) is 7.31. The lowest BCUT2D eigenvalue weighted by molar-refractivity contribution is 0.408. The molecule has 0 amide bonds. The summed E-state index contributed by atoms with van der Waals surface area (Å²) < 4.78 is 0. The molecule has 0 aromatic heterocycles. The topological polar surface area (TPSA) is 0 Å². The Morgan fingerprint density at radius 1 is 0.667 bits per heavy atom. The van der Waals surface area contributed by atoms with Crippen LogP contribution in [0.1, 0.15) is 81.1 Å². The van der Waals surface area contributed by atoms with Gasteiger partial charge in [0.15, 0.2) is 0 Å². The molecule has 0 saturated carbocycles. The van der Waals surface area contributed by atoms with Gasteiger partial charge in [-0.05, 0) is 50.4 Å². The van der Waals surface area contributed by atoms with Crippen LogP contribution in [-0.2, 0) is 0 Å². The van der Waals surface area contributed by atoms with E-state index in [-0.39, 0.29) is 0 Å². The van der Waals surface area contributed by atoms with Crippen LogP contribution in [0.15, 0.2) is 23.3 Å². The van der Waals surface area contributed by atoms with Gasteiger partial charge in [0.25, 0.3) is 0 Å². The molecule has 18 heavy (non-hydrogen) atoms. The Balaban J connectivity index is 4.05. The fraction of sp³-hybridized carbons (Fsp3) is 0.778. The van der Waals surface area contributed by atoms with E-state index in [2.05, 4.69) is 67.5 Å². The smallest absolute Gasteiger partial charge is 0.0274 e. The molecule has 0 aliphatic carbocycles. The minimum atomic E-state index is 0.415. The van der Waals surface area contributed by atoms with Crippen molar-refractivity contribution in [2.45, 2.75) is 81.1 Å². The van der Waals surface area contributed by atoms with Gasteiger partial charge < -0.3 is 0 Å². The third kappa shape index (κ3) is 12.0. The van der Waals surface area contributed by atoms with Gasteiger partial charge in [-0.2, -0.15) is 0 Å². The molecule has 106 valence electrons. The van der Waals surface area contributed by atoms with Gasteiger partial charge >= 0.3 is 0 Å². The number of hydrogen-bond acceptors (Lipinski definition) is 0. The van der Waals surface area contributed by atoms with Gasteiger partial charge in [0, 0.05) is 0 Å². The summed E-state index contributed by atoms with van der Waals surface area (Å²) in [6.07, 6.45) is 9.60. The first-order chi connectivity index (χ1) is 7.99. The van der Waals surface area contributed by atoms with Crippen LogP contribution in [0, 0.1) is 10.8 Å². The molecule has 0 rings (SSSR count). The summed E-state index contributed by atoms with van der Waals surface area (Å²) in [5, 5.41) is 0. The highest BCUT2D eigenvalue weighted by molar-refractivity contribution is 5.04. The van der Waals surface area contributed by atoms with Gasteiger partial charge in [0.2, 0.25) is 0 Å². The molecule has 0 radical (unpaired) electrons. The first kappa shape index (κ1) is 17.5. The Kier molecular flexibility index (Phi) is 6.96. The van der Waals surface area contributed by atoms with Crippen LogP contribution >= 0.6 is 0 Å². The number of rotatable bonds is 5. The SMILES string of the molecule is C/C(=C\CC/C=C(\C)CC(C)(C)C)CC(C)(C)C. The van der Waals surface area contributed by atoms with Crippen LogP contribution in [0.25, 0.3) is 0 Å². The highest BCUT2D eigenvalue weighted by Crippen LogP contribution is 2.25. The molecule has 0 heteroatoms. The molecule has 0 aromatic carbocycles. The summed E-state index contributed by atoms with van der Waals surface area (Å²) >= 11 is 0. The standard InChI is InChI=1S/C18H34/c1-15(13-17(3,4)5)11-9-10-12-16(2)14-18(6,7)8/h11-12H,9-10,13-14H2,1-8H3/b15-11+,16-12+. The average Bonchev–Trinajstić information content (AvgIpc) is 2.06. The Bertz CT molecular complexity index is 257. The summed E-state index contributed by atoms with van der Waals surface area (Å²) in [6.45, 7) is 18.3. The molecule has 0 N–H and O–H groups in total. The Hall–Kier alpha value is -0.520. The summed E-state index contributed by atoms with van der Waals surface area (Å²) in [7, 11) is 0. The summed E-state index contributed by atoms with van der Waals surface area (Å²) in [5.74, 6) is 0. The van der Waals surface area contributed by atoms with E-state index in [1.165, 1.54) is 36.8 Å². The highest BCUT2D eigenvalue weighted by atomic mass is 14.2. The van der Waals surface area contributed by atoms with Gasteiger partial charge in [-0.25, -0.2) is 0 Å². The third-order valence-electron chi connectivity index (χ3n) is 2.77. The van der Waals surface area contributed by atoms with Gasteiger partial charge in [0.05, 0.1) is 0 Å². The maximum absolute atomic E-state index is 2.41. The zero-order valence-electron chi connectivity index (χ0n) is 14.0. The molecule has 0 heterocycles. The number of hydrogen-bond donors (Lipinski definition) is 0. The maximum atomic E-state index is 2.41. The lowest BCUT2D eigenvalue weighted by atomic mass is 9.87. The quantitative estimate of drug-likeness (QED) is 0.384. The van der Waals surface area contributed by atoms with Gasteiger partial charge in [0.1, 0.15) is 0 Å². The highest BCUT2D eigenvalue weighted by Gasteiger charge is 2.11. The molecule has 0 atom stereocenters. The van der Waals surface area contributed by atoms with E-state index in [1.807, 2.05) is 0 Å².